The molecular weight excluding hydrogens is 462 g/mol. The van der Waals surface area contributed by atoms with Gasteiger partial charge in [-0.1, -0.05) is 6.07 Å². The molecule has 2 aromatic heterocycles. The summed E-state index contributed by atoms with van der Waals surface area (Å²) in [4.78, 5) is 27.4. The Labute approximate surface area is 205 Å². The number of carbonyl (C=O) groups is 1. The molecule has 182 valence electrons. The number of nitrogens with one attached hydrogen (secondary N) is 1. The number of nitrogens with zero attached hydrogens (tertiary/aromatic N) is 4. The van der Waals surface area contributed by atoms with Crippen LogP contribution in [0.3, 0.4) is 0 Å². The number of likely N-dealkylation sites (N-methyl/N-ethyl adjacent to an activating group) is 1. The summed E-state index contributed by atoms with van der Waals surface area (Å²) in [6, 6.07) is 10.5. The summed E-state index contributed by atoms with van der Waals surface area (Å²) >= 11 is 0. The summed E-state index contributed by atoms with van der Waals surface area (Å²) in [5.41, 5.74) is 1.73. The summed E-state index contributed by atoms with van der Waals surface area (Å²) < 4.78 is 29.2. The molecule has 0 bridgehead atoms. The zero-order chi connectivity index (χ0) is 24.2. The molecule has 6 rings (SSSR count). The van der Waals surface area contributed by atoms with Crippen molar-refractivity contribution in [3.63, 3.8) is 0 Å². The minimum Gasteiger partial charge on any atom is -0.354 e. The van der Waals surface area contributed by atoms with Crippen LogP contribution >= 0.6 is 0 Å². The quantitative estimate of drug-likeness (QED) is 0.567. The number of rotatable bonds is 6. The van der Waals surface area contributed by atoms with Crippen molar-refractivity contribution in [1.29, 1.82) is 0 Å². The third kappa shape index (κ3) is 4.06. The lowest BCUT2D eigenvalue weighted by Crippen LogP contribution is -2.46. The fourth-order valence-corrected chi connectivity index (χ4v) is 6.33. The Hall–Kier alpha value is -3.04. The Morgan fingerprint density at radius 3 is 2.54 bits per heavy atom. The number of hydrogen-bond acceptors (Lipinski definition) is 7. The minimum atomic E-state index is -4.08. The Kier molecular flexibility index (Phi) is 5.30. The number of anilines is 1. The average Bonchev–Trinajstić information content (AvgIpc) is 3.77. The molecule has 1 saturated heterocycles. The van der Waals surface area contributed by atoms with Gasteiger partial charge in [0, 0.05) is 49.5 Å². The monoisotopic (exact) mass is 491 g/mol. The number of amides is 1. The molecule has 35 heavy (non-hydrogen) atoms. The summed E-state index contributed by atoms with van der Waals surface area (Å²) in [5.74, 6) is 0.846. The van der Waals surface area contributed by atoms with Crippen molar-refractivity contribution in [3.8, 4) is 0 Å². The highest BCUT2D eigenvalue weighted by Crippen LogP contribution is 2.53. The topological polar surface area (TPSA) is 95.5 Å². The normalized spacial score (nSPS) is 20.1. The average molecular weight is 492 g/mol. The molecule has 1 N–H and O–H groups in total. The van der Waals surface area contributed by atoms with Crippen LogP contribution in [-0.4, -0.2) is 62.4 Å². The SMILES string of the molecule is CN1CCN(c2ncc(C3CC3)cc2C2(C(=O)NS(=O)(=O)c3cccc4ncccc34)CC2)CC1. The van der Waals surface area contributed by atoms with Crippen molar-refractivity contribution >= 4 is 32.7 Å². The van der Waals surface area contributed by atoms with Crippen LogP contribution in [0.2, 0.25) is 0 Å². The van der Waals surface area contributed by atoms with Gasteiger partial charge in [0.2, 0.25) is 5.91 Å². The van der Waals surface area contributed by atoms with E-state index < -0.39 is 21.3 Å². The maximum absolute atomic E-state index is 13.7. The second kappa shape index (κ2) is 8.27. The molecule has 1 aliphatic heterocycles. The minimum absolute atomic E-state index is 0.0661. The molecule has 2 aliphatic carbocycles. The Balaban J connectivity index is 1.35. The van der Waals surface area contributed by atoms with E-state index in [4.69, 9.17) is 4.98 Å². The molecule has 0 spiro atoms. The van der Waals surface area contributed by atoms with Crippen LogP contribution in [0.4, 0.5) is 5.82 Å². The predicted molar refractivity (Wildman–Crippen MR) is 134 cm³/mol. The molecule has 3 aromatic rings. The molecule has 1 amide bonds. The zero-order valence-corrected chi connectivity index (χ0v) is 20.6. The van der Waals surface area contributed by atoms with Crippen molar-refractivity contribution in [2.45, 2.75) is 41.9 Å². The lowest BCUT2D eigenvalue weighted by Gasteiger charge is -2.35. The first-order chi connectivity index (χ1) is 16.9. The van der Waals surface area contributed by atoms with E-state index in [0.717, 1.165) is 56.0 Å². The number of carbonyl (C=O) groups excluding carboxylic acids is 1. The molecule has 2 saturated carbocycles. The van der Waals surface area contributed by atoms with E-state index in [-0.39, 0.29) is 4.90 Å². The molecule has 1 aromatic carbocycles. The maximum atomic E-state index is 13.7. The van der Waals surface area contributed by atoms with Crippen molar-refractivity contribution < 1.29 is 13.2 Å². The highest BCUT2D eigenvalue weighted by molar-refractivity contribution is 7.90. The van der Waals surface area contributed by atoms with Crippen LogP contribution in [0.15, 0.2) is 53.7 Å². The standard InChI is InChI=1S/C26H29N5O3S/c1-30-12-14-31(15-13-30)24-21(16-19(17-28-24)18-7-8-18)26(9-10-26)25(32)29-35(33,34)23-6-2-5-22-20(23)4-3-11-27-22/h2-6,11,16-18H,7-10,12-15H2,1H3,(H,29,32). The highest BCUT2D eigenvalue weighted by atomic mass is 32.2. The van der Waals surface area contributed by atoms with Crippen molar-refractivity contribution in [2.75, 3.05) is 38.1 Å². The van der Waals surface area contributed by atoms with Gasteiger partial charge in [0.25, 0.3) is 10.0 Å². The predicted octanol–water partition coefficient (Wildman–Crippen LogP) is 2.80. The number of hydrogen-bond donors (Lipinski definition) is 1. The van der Waals surface area contributed by atoms with Gasteiger partial charge in [-0.15, -0.1) is 0 Å². The number of sulfonamides is 1. The fourth-order valence-electron chi connectivity index (χ4n) is 5.06. The van der Waals surface area contributed by atoms with Gasteiger partial charge in [0.1, 0.15) is 5.82 Å². The van der Waals surface area contributed by atoms with Crippen molar-refractivity contribution in [1.82, 2.24) is 19.6 Å². The number of aromatic nitrogens is 2. The number of piperazine rings is 1. The highest BCUT2D eigenvalue weighted by Gasteiger charge is 2.54. The summed E-state index contributed by atoms with van der Waals surface area (Å²) in [6.45, 7) is 3.51. The van der Waals surface area contributed by atoms with Crippen LogP contribution in [0.25, 0.3) is 10.9 Å². The van der Waals surface area contributed by atoms with Crippen LogP contribution < -0.4 is 9.62 Å². The number of benzene rings is 1. The first kappa shape index (κ1) is 22.4. The Bertz CT molecular complexity index is 1400. The fraction of sp³-hybridized carbons (Fsp3) is 0.423. The van der Waals surface area contributed by atoms with Crippen LogP contribution in [-0.2, 0) is 20.2 Å². The van der Waals surface area contributed by atoms with Crippen molar-refractivity contribution in [3.05, 3.63) is 59.9 Å². The molecular formula is C26H29N5O3S. The molecule has 0 atom stereocenters. The van der Waals surface area contributed by atoms with E-state index >= 15 is 0 Å². The maximum Gasteiger partial charge on any atom is 0.264 e. The van der Waals surface area contributed by atoms with Crippen LogP contribution in [0, 0.1) is 0 Å². The van der Waals surface area contributed by atoms with Gasteiger partial charge in [-0.25, -0.2) is 18.1 Å². The van der Waals surface area contributed by atoms with Gasteiger partial charge >= 0.3 is 0 Å². The van der Waals surface area contributed by atoms with E-state index in [0.29, 0.717) is 29.7 Å². The summed E-state index contributed by atoms with van der Waals surface area (Å²) in [5, 5.41) is 0.496. The van der Waals surface area contributed by atoms with Gasteiger partial charge in [-0.3, -0.25) is 9.78 Å². The van der Waals surface area contributed by atoms with Gasteiger partial charge in [-0.05, 0) is 74.5 Å². The molecule has 0 radical (unpaired) electrons. The second-order valence-corrected chi connectivity index (χ2v) is 11.7. The summed E-state index contributed by atoms with van der Waals surface area (Å²) in [6.07, 6.45) is 7.07. The number of pyridine rings is 2. The van der Waals surface area contributed by atoms with Crippen LogP contribution in [0.5, 0.6) is 0 Å². The molecule has 9 heteroatoms. The lowest BCUT2D eigenvalue weighted by atomic mass is 9.93. The Morgan fingerprint density at radius 2 is 1.83 bits per heavy atom. The smallest absolute Gasteiger partial charge is 0.264 e. The third-order valence-electron chi connectivity index (χ3n) is 7.56. The van der Waals surface area contributed by atoms with Gasteiger partial charge in [0.15, 0.2) is 0 Å². The van der Waals surface area contributed by atoms with E-state index in [1.165, 1.54) is 6.07 Å². The van der Waals surface area contributed by atoms with Gasteiger partial charge in [-0.2, -0.15) is 0 Å². The largest absolute Gasteiger partial charge is 0.354 e. The van der Waals surface area contributed by atoms with Crippen molar-refractivity contribution in [2.24, 2.45) is 0 Å². The molecule has 3 fully saturated rings. The van der Waals surface area contributed by atoms with E-state index in [1.54, 1.807) is 30.5 Å². The molecule has 8 nitrogen and oxygen atoms in total. The lowest BCUT2D eigenvalue weighted by molar-refractivity contribution is -0.121. The first-order valence-electron chi connectivity index (χ1n) is 12.2. The second-order valence-electron chi connectivity index (χ2n) is 10.0. The zero-order valence-electron chi connectivity index (χ0n) is 19.8. The third-order valence-corrected chi connectivity index (χ3v) is 8.95. The number of fused-ring (bicyclic) bond motifs is 1. The summed E-state index contributed by atoms with van der Waals surface area (Å²) in [7, 11) is -1.97. The van der Waals surface area contributed by atoms with Gasteiger partial charge < -0.3 is 9.80 Å². The van der Waals surface area contributed by atoms with E-state index in [2.05, 4.69) is 32.6 Å². The first-order valence-corrected chi connectivity index (χ1v) is 13.7. The molecule has 0 unspecified atom stereocenters. The van der Waals surface area contributed by atoms with Crippen LogP contribution in [0.1, 0.15) is 42.7 Å². The van der Waals surface area contributed by atoms with Gasteiger partial charge in [0.05, 0.1) is 15.8 Å². The molecule has 3 aliphatic rings. The van der Waals surface area contributed by atoms with E-state index in [1.807, 2.05) is 6.20 Å². The Morgan fingerprint density at radius 1 is 1.06 bits per heavy atom. The van der Waals surface area contributed by atoms with E-state index in [9.17, 15) is 13.2 Å². The molecule has 3 heterocycles.